The maximum Gasteiger partial charge on any atom is 0.419 e. The van der Waals surface area contributed by atoms with Gasteiger partial charge in [-0.1, -0.05) is 6.42 Å². The number of anilines is 1. The van der Waals surface area contributed by atoms with E-state index < -0.39 is 11.7 Å². The van der Waals surface area contributed by atoms with Crippen molar-refractivity contribution in [3.63, 3.8) is 0 Å². The van der Waals surface area contributed by atoms with Crippen LogP contribution in [0.15, 0.2) is 18.3 Å². The lowest BCUT2D eigenvalue weighted by molar-refractivity contribution is -0.137. The number of nitrogens with zero attached hydrogens (tertiary/aromatic N) is 2. The van der Waals surface area contributed by atoms with Gasteiger partial charge < -0.3 is 10.2 Å². The summed E-state index contributed by atoms with van der Waals surface area (Å²) in [7, 11) is 2.01. The molecule has 106 valence electrons. The number of halogens is 3. The predicted octanol–water partition coefficient (Wildman–Crippen LogP) is 3.00. The van der Waals surface area contributed by atoms with Crippen molar-refractivity contribution in [2.75, 3.05) is 25.5 Å². The lowest BCUT2D eigenvalue weighted by Gasteiger charge is -2.32. The second-order valence-electron chi connectivity index (χ2n) is 4.91. The molecule has 2 rings (SSSR count). The third kappa shape index (κ3) is 3.59. The van der Waals surface area contributed by atoms with Crippen LogP contribution < -0.4 is 5.32 Å². The fourth-order valence-corrected chi connectivity index (χ4v) is 2.39. The Kier molecular flexibility index (Phi) is 4.29. The van der Waals surface area contributed by atoms with Crippen LogP contribution in [0, 0.1) is 0 Å². The van der Waals surface area contributed by atoms with Crippen LogP contribution in [0.2, 0.25) is 0 Å². The molecule has 1 atom stereocenters. The van der Waals surface area contributed by atoms with E-state index in [0.717, 1.165) is 31.9 Å². The molecule has 1 unspecified atom stereocenters. The molecule has 19 heavy (non-hydrogen) atoms. The molecular formula is C13H18F3N3. The number of alkyl halides is 3. The molecule has 1 aromatic rings. The first-order chi connectivity index (χ1) is 8.98. The molecule has 0 spiro atoms. The molecule has 0 saturated carbocycles. The summed E-state index contributed by atoms with van der Waals surface area (Å²) in [4.78, 5) is 5.99. The second-order valence-corrected chi connectivity index (χ2v) is 4.91. The predicted molar refractivity (Wildman–Crippen MR) is 68.0 cm³/mol. The molecule has 1 aliphatic rings. The number of pyridine rings is 1. The number of hydrogen-bond acceptors (Lipinski definition) is 3. The van der Waals surface area contributed by atoms with Crippen molar-refractivity contribution in [1.29, 1.82) is 0 Å². The smallest absolute Gasteiger partial charge is 0.368 e. The van der Waals surface area contributed by atoms with E-state index >= 15 is 0 Å². The Hall–Kier alpha value is -1.30. The van der Waals surface area contributed by atoms with Crippen molar-refractivity contribution < 1.29 is 13.2 Å². The number of piperidine rings is 1. The fraction of sp³-hybridized carbons (Fsp3) is 0.615. The first-order valence-corrected chi connectivity index (χ1v) is 6.45. The topological polar surface area (TPSA) is 28.2 Å². The molecule has 3 nitrogen and oxygen atoms in total. The maximum atomic E-state index is 12.8. The van der Waals surface area contributed by atoms with Gasteiger partial charge in [0, 0.05) is 18.8 Å². The number of hydrogen-bond donors (Lipinski definition) is 1. The minimum atomic E-state index is -4.37. The number of rotatable bonds is 3. The third-order valence-corrected chi connectivity index (χ3v) is 3.54. The van der Waals surface area contributed by atoms with Crippen molar-refractivity contribution in [3.8, 4) is 0 Å². The summed E-state index contributed by atoms with van der Waals surface area (Å²) < 4.78 is 38.4. The van der Waals surface area contributed by atoms with E-state index in [-0.39, 0.29) is 11.9 Å². The first kappa shape index (κ1) is 14.1. The standard InChI is InChI=1S/C13H18F3N3/c1-19-8-3-2-5-10(19)9-18-12-11(13(14,15)16)6-4-7-17-12/h4,6-7,10H,2-3,5,8-9H2,1H3,(H,17,18). The van der Waals surface area contributed by atoms with E-state index in [1.807, 2.05) is 7.05 Å². The van der Waals surface area contributed by atoms with E-state index in [1.165, 1.54) is 12.3 Å². The van der Waals surface area contributed by atoms with Gasteiger partial charge in [0.25, 0.3) is 0 Å². The van der Waals surface area contributed by atoms with Crippen LogP contribution in [0.5, 0.6) is 0 Å². The lowest BCUT2D eigenvalue weighted by atomic mass is 10.0. The van der Waals surface area contributed by atoms with Gasteiger partial charge in [0.2, 0.25) is 0 Å². The van der Waals surface area contributed by atoms with Gasteiger partial charge >= 0.3 is 6.18 Å². The zero-order valence-corrected chi connectivity index (χ0v) is 10.9. The summed E-state index contributed by atoms with van der Waals surface area (Å²) in [5.74, 6) is -0.0750. The Bertz CT molecular complexity index is 420. The van der Waals surface area contributed by atoms with Crippen LogP contribution in [-0.2, 0) is 6.18 Å². The molecule has 0 amide bonds. The quantitative estimate of drug-likeness (QED) is 0.917. The minimum absolute atomic E-state index is 0.0750. The summed E-state index contributed by atoms with van der Waals surface area (Å²) >= 11 is 0. The Morgan fingerprint density at radius 3 is 2.89 bits per heavy atom. The Balaban J connectivity index is 2.03. The minimum Gasteiger partial charge on any atom is -0.368 e. The molecule has 6 heteroatoms. The normalized spacial score (nSPS) is 21.4. The molecule has 1 fully saturated rings. The monoisotopic (exact) mass is 273 g/mol. The SMILES string of the molecule is CN1CCCCC1CNc1ncccc1C(F)(F)F. The molecule has 1 aliphatic heterocycles. The van der Waals surface area contributed by atoms with Gasteiger partial charge in [-0.15, -0.1) is 0 Å². The molecule has 0 aromatic carbocycles. The van der Waals surface area contributed by atoms with Crippen molar-refractivity contribution in [2.45, 2.75) is 31.5 Å². The summed E-state index contributed by atoms with van der Waals surface area (Å²) in [6.07, 6.45) is 0.310. The van der Waals surface area contributed by atoms with E-state index in [0.29, 0.717) is 6.54 Å². The van der Waals surface area contributed by atoms with Crippen LogP contribution >= 0.6 is 0 Å². The highest BCUT2D eigenvalue weighted by molar-refractivity contribution is 5.45. The highest BCUT2D eigenvalue weighted by Gasteiger charge is 2.34. The third-order valence-electron chi connectivity index (χ3n) is 3.54. The zero-order chi connectivity index (χ0) is 13.9. The van der Waals surface area contributed by atoms with E-state index in [9.17, 15) is 13.2 Å². The summed E-state index contributed by atoms with van der Waals surface area (Å²) in [5.41, 5.74) is -0.700. The van der Waals surface area contributed by atoms with Gasteiger partial charge in [-0.05, 0) is 38.6 Å². The van der Waals surface area contributed by atoms with Crippen LogP contribution in [0.3, 0.4) is 0 Å². The highest BCUT2D eigenvalue weighted by Crippen LogP contribution is 2.33. The van der Waals surface area contributed by atoms with Gasteiger partial charge in [0.05, 0.1) is 5.56 Å². The average molecular weight is 273 g/mol. The van der Waals surface area contributed by atoms with Gasteiger partial charge in [-0.2, -0.15) is 13.2 Å². The average Bonchev–Trinajstić information content (AvgIpc) is 2.37. The highest BCUT2D eigenvalue weighted by atomic mass is 19.4. The van der Waals surface area contributed by atoms with E-state index in [2.05, 4.69) is 15.2 Å². The number of likely N-dealkylation sites (tertiary alicyclic amines) is 1. The maximum absolute atomic E-state index is 12.8. The van der Waals surface area contributed by atoms with E-state index in [4.69, 9.17) is 0 Å². The summed E-state index contributed by atoms with van der Waals surface area (Å²) in [6, 6.07) is 2.64. The van der Waals surface area contributed by atoms with Crippen molar-refractivity contribution in [3.05, 3.63) is 23.9 Å². The summed E-state index contributed by atoms with van der Waals surface area (Å²) in [6.45, 7) is 1.50. The molecule has 1 N–H and O–H groups in total. The molecule has 2 heterocycles. The second kappa shape index (κ2) is 5.77. The zero-order valence-electron chi connectivity index (χ0n) is 10.9. The van der Waals surface area contributed by atoms with Crippen molar-refractivity contribution in [2.24, 2.45) is 0 Å². The molecular weight excluding hydrogens is 255 g/mol. The Labute approximate surface area is 110 Å². The largest absolute Gasteiger partial charge is 0.419 e. The molecule has 0 aliphatic carbocycles. The lowest BCUT2D eigenvalue weighted by Crippen LogP contribution is -2.41. The van der Waals surface area contributed by atoms with Crippen LogP contribution in [0.25, 0.3) is 0 Å². The number of nitrogens with one attached hydrogen (secondary N) is 1. The van der Waals surface area contributed by atoms with Gasteiger partial charge in [-0.25, -0.2) is 4.98 Å². The Morgan fingerprint density at radius 2 is 2.21 bits per heavy atom. The van der Waals surface area contributed by atoms with Crippen LogP contribution in [-0.4, -0.2) is 36.1 Å². The van der Waals surface area contributed by atoms with Crippen LogP contribution in [0.4, 0.5) is 19.0 Å². The van der Waals surface area contributed by atoms with Gasteiger partial charge in [0.15, 0.2) is 0 Å². The first-order valence-electron chi connectivity index (χ1n) is 6.45. The van der Waals surface area contributed by atoms with Gasteiger partial charge in [0.1, 0.15) is 5.82 Å². The molecule has 1 aromatic heterocycles. The number of likely N-dealkylation sites (N-methyl/N-ethyl adjacent to an activating group) is 1. The molecule has 1 saturated heterocycles. The van der Waals surface area contributed by atoms with Crippen molar-refractivity contribution in [1.82, 2.24) is 9.88 Å². The van der Waals surface area contributed by atoms with Crippen LogP contribution in [0.1, 0.15) is 24.8 Å². The van der Waals surface area contributed by atoms with Crippen molar-refractivity contribution >= 4 is 5.82 Å². The Morgan fingerprint density at radius 1 is 1.42 bits per heavy atom. The summed E-state index contributed by atoms with van der Waals surface area (Å²) in [5, 5.41) is 2.85. The molecule has 0 radical (unpaired) electrons. The fourth-order valence-electron chi connectivity index (χ4n) is 2.39. The van der Waals surface area contributed by atoms with E-state index in [1.54, 1.807) is 0 Å². The van der Waals surface area contributed by atoms with Gasteiger partial charge in [-0.3, -0.25) is 0 Å². The molecule has 0 bridgehead atoms. The number of aromatic nitrogens is 1.